The van der Waals surface area contributed by atoms with Crippen molar-refractivity contribution in [2.24, 2.45) is 5.73 Å². The van der Waals surface area contributed by atoms with Gasteiger partial charge in [0, 0.05) is 6.04 Å². The summed E-state index contributed by atoms with van der Waals surface area (Å²) in [7, 11) is 1.64. The van der Waals surface area contributed by atoms with Gasteiger partial charge in [0.05, 0.1) is 25.9 Å². The summed E-state index contributed by atoms with van der Waals surface area (Å²) in [5, 5.41) is 0. The largest absolute Gasteiger partial charge is 0.496 e. The molecule has 0 spiro atoms. The first kappa shape index (κ1) is 11.2. The van der Waals surface area contributed by atoms with E-state index in [0.717, 1.165) is 17.1 Å². The van der Waals surface area contributed by atoms with Crippen LogP contribution in [0.2, 0.25) is 0 Å². The van der Waals surface area contributed by atoms with Crippen molar-refractivity contribution in [3.05, 3.63) is 23.8 Å². The normalized spacial score (nSPS) is 17.7. The lowest BCUT2D eigenvalue weighted by Gasteiger charge is -2.28. The Hall–Kier alpha value is -1.26. The lowest BCUT2D eigenvalue weighted by atomic mass is 10.1. The fraction of sp³-hybridized carbons (Fsp3) is 0.500. The molecule has 16 heavy (non-hydrogen) atoms. The summed E-state index contributed by atoms with van der Waals surface area (Å²) in [6.07, 6.45) is 0.143. The van der Waals surface area contributed by atoms with Gasteiger partial charge in [0.1, 0.15) is 17.6 Å². The molecule has 1 aliphatic rings. The van der Waals surface area contributed by atoms with Crippen molar-refractivity contribution in [3.8, 4) is 11.5 Å². The van der Waals surface area contributed by atoms with Crippen LogP contribution in [0.25, 0.3) is 0 Å². The highest BCUT2D eigenvalue weighted by atomic mass is 16.6. The van der Waals surface area contributed by atoms with Gasteiger partial charge in [-0.15, -0.1) is 0 Å². The van der Waals surface area contributed by atoms with E-state index in [1.165, 1.54) is 0 Å². The molecule has 1 aromatic carbocycles. The molecule has 0 bridgehead atoms. The fourth-order valence-corrected chi connectivity index (χ4v) is 1.72. The Bertz CT molecular complexity index is 361. The molecule has 1 aromatic rings. The molecule has 1 aliphatic heterocycles. The topological polar surface area (TPSA) is 53.7 Å². The average Bonchev–Trinajstić information content (AvgIpc) is 2.22. The second kappa shape index (κ2) is 4.72. The fourth-order valence-electron chi connectivity index (χ4n) is 1.72. The van der Waals surface area contributed by atoms with Gasteiger partial charge in [-0.2, -0.15) is 0 Å². The van der Waals surface area contributed by atoms with Crippen molar-refractivity contribution in [2.75, 3.05) is 20.3 Å². The number of hydrogen-bond donors (Lipinski definition) is 1. The highest BCUT2D eigenvalue weighted by Gasteiger charge is 2.23. The van der Waals surface area contributed by atoms with E-state index >= 15 is 0 Å². The molecule has 2 rings (SSSR count). The van der Waals surface area contributed by atoms with Gasteiger partial charge in [-0.1, -0.05) is 6.07 Å². The maximum Gasteiger partial charge on any atom is 0.145 e. The highest BCUT2D eigenvalue weighted by molar-refractivity contribution is 5.46. The molecule has 4 nitrogen and oxygen atoms in total. The minimum atomic E-state index is -0.118. The number of methoxy groups -OCH3 is 1. The van der Waals surface area contributed by atoms with Crippen LogP contribution in [-0.2, 0) is 4.74 Å². The zero-order chi connectivity index (χ0) is 11.5. The van der Waals surface area contributed by atoms with Crippen molar-refractivity contribution >= 4 is 0 Å². The first-order valence-electron chi connectivity index (χ1n) is 5.39. The minimum Gasteiger partial charge on any atom is -0.496 e. The zero-order valence-electron chi connectivity index (χ0n) is 9.60. The Morgan fingerprint density at radius 3 is 2.56 bits per heavy atom. The van der Waals surface area contributed by atoms with Crippen LogP contribution in [0.15, 0.2) is 18.2 Å². The second-order valence-corrected chi connectivity index (χ2v) is 3.94. The monoisotopic (exact) mass is 223 g/mol. The van der Waals surface area contributed by atoms with Crippen LogP contribution in [0.1, 0.15) is 18.5 Å². The Kier molecular flexibility index (Phi) is 3.31. The van der Waals surface area contributed by atoms with E-state index in [1.54, 1.807) is 7.11 Å². The van der Waals surface area contributed by atoms with Crippen LogP contribution in [0, 0.1) is 0 Å². The van der Waals surface area contributed by atoms with Gasteiger partial charge >= 0.3 is 0 Å². The number of nitrogens with two attached hydrogens (primary N) is 1. The number of benzene rings is 1. The van der Waals surface area contributed by atoms with Crippen molar-refractivity contribution in [1.82, 2.24) is 0 Å². The van der Waals surface area contributed by atoms with E-state index in [9.17, 15) is 0 Å². The summed E-state index contributed by atoms with van der Waals surface area (Å²) in [6.45, 7) is 3.22. The molecule has 0 radical (unpaired) electrons. The maximum atomic E-state index is 5.93. The summed E-state index contributed by atoms with van der Waals surface area (Å²) in [5.41, 5.74) is 6.85. The van der Waals surface area contributed by atoms with Crippen molar-refractivity contribution in [3.63, 3.8) is 0 Å². The molecule has 0 aliphatic carbocycles. The predicted molar refractivity (Wildman–Crippen MR) is 60.8 cm³/mol. The standard InChI is InChI=1S/C12H17NO3/c1-8(13)12-10(14-2)4-3-5-11(12)16-9-6-15-7-9/h3-5,8-9H,6-7,13H2,1-2H3/t8-/m0/s1. The van der Waals surface area contributed by atoms with E-state index in [1.807, 2.05) is 25.1 Å². The van der Waals surface area contributed by atoms with Crippen LogP contribution < -0.4 is 15.2 Å². The Balaban J connectivity index is 2.26. The molecule has 4 heteroatoms. The second-order valence-electron chi connectivity index (χ2n) is 3.94. The van der Waals surface area contributed by atoms with Gasteiger partial charge in [0.2, 0.25) is 0 Å². The lowest BCUT2D eigenvalue weighted by Crippen LogP contribution is -2.38. The molecular weight excluding hydrogens is 206 g/mol. The van der Waals surface area contributed by atoms with Gasteiger partial charge in [-0.05, 0) is 19.1 Å². The van der Waals surface area contributed by atoms with E-state index in [4.69, 9.17) is 19.9 Å². The molecule has 0 saturated carbocycles. The van der Waals surface area contributed by atoms with Gasteiger partial charge in [-0.25, -0.2) is 0 Å². The first-order chi connectivity index (χ1) is 7.72. The van der Waals surface area contributed by atoms with Crippen LogP contribution >= 0.6 is 0 Å². The third-order valence-corrected chi connectivity index (χ3v) is 2.60. The smallest absolute Gasteiger partial charge is 0.145 e. The molecule has 2 N–H and O–H groups in total. The molecule has 0 amide bonds. The van der Waals surface area contributed by atoms with Crippen LogP contribution in [0.5, 0.6) is 11.5 Å². The zero-order valence-corrected chi connectivity index (χ0v) is 9.60. The van der Waals surface area contributed by atoms with E-state index in [2.05, 4.69) is 0 Å². The Morgan fingerprint density at radius 1 is 1.38 bits per heavy atom. The molecule has 1 atom stereocenters. The van der Waals surface area contributed by atoms with Crippen LogP contribution in [0.4, 0.5) is 0 Å². The van der Waals surface area contributed by atoms with E-state index in [-0.39, 0.29) is 12.1 Å². The van der Waals surface area contributed by atoms with E-state index < -0.39 is 0 Å². The summed E-state index contributed by atoms with van der Waals surface area (Å²) in [4.78, 5) is 0. The SMILES string of the molecule is COc1cccc(OC2COC2)c1[C@H](C)N. The van der Waals surface area contributed by atoms with Crippen LogP contribution in [-0.4, -0.2) is 26.4 Å². The molecule has 1 heterocycles. The third-order valence-electron chi connectivity index (χ3n) is 2.60. The van der Waals surface area contributed by atoms with Crippen LogP contribution in [0.3, 0.4) is 0 Å². The third kappa shape index (κ3) is 2.13. The average molecular weight is 223 g/mol. The van der Waals surface area contributed by atoms with Crippen molar-refractivity contribution in [2.45, 2.75) is 19.1 Å². The maximum absolute atomic E-state index is 5.93. The van der Waals surface area contributed by atoms with Gasteiger partial charge in [0.25, 0.3) is 0 Å². The van der Waals surface area contributed by atoms with Gasteiger partial charge < -0.3 is 19.9 Å². The first-order valence-corrected chi connectivity index (χ1v) is 5.39. The molecule has 1 saturated heterocycles. The Labute approximate surface area is 95.3 Å². The van der Waals surface area contributed by atoms with Crippen molar-refractivity contribution in [1.29, 1.82) is 0 Å². The number of hydrogen-bond acceptors (Lipinski definition) is 4. The summed E-state index contributed by atoms with van der Waals surface area (Å²) in [5.74, 6) is 1.57. The highest BCUT2D eigenvalue weighted by Crippen LogP contribution is 2.33. The molecule has 0 aromatic heterocycles. The minimum absolute atomic E-state index is 0.118. The Morgan fingerprint density at radius 2 is 2.06 bits per heavy atom. The quantitative estimate of drug-likeness (QED) is 0.840. The number of ether oxygens (including phenoxy) is 3. The summed E-state index contributed by atoms with van der Waals surface area (Å²) < 4.78 is 16.2. The predicted octanol–water partition coefficient (Wildman–Crippen LogP) is 1.49. The van der Waals surface area contributed by atoms with Crippen molar-refractivity contribution < 1.29 is 14.2 Å². The van der Waals surface area contributed by atoms with E-state index in [0.29, 0.717) is 13.2 Å². The number of rotatable bonds is 4. The molecule has 88 valence electrons. The van der Waals surface area contributed by atoms with Gasteiger partial charge in [0.15, 0.2) is 0 Å². The summed E-state index contributed by atoms with van der Waals surface area (Å²) in [6, 6.07) is 5.59. The van der Waals surface area contributed by atoms with Gasteiger partial charge in [-0.3, -0.25) is 0 Å². The summed E-state index contributed by atoms with van der Waals surface area (Å²) >= 11 is 0. The lowest BCUT2D eigenvalue weighted by molar-refractivity contribution is -0.0801. The molecule has 0 unspecified atom stereocenters. The molecule has 1 fully saturated rings. The molecular formula is C12H17NO3.